The van der Waals surface area contributed by atoms with Crippen LogP contribution in [0.3, 0.4) is 0 Å². The van der Waals surface area contributed by atoms with E-state index in [1.54, 1.807) is 0 Å². The van der Waals surface area contributed by atoms with E-state index in [2.05, 4.69) is 29.2 Å². The largest absolute Gasteiger partial charge is 0.371 e. The fraction of sp³-hybridized carbons (Fsp3) is 0.588. The first kappa shape index (κ1) is 14.6. The third kappa shape index (κ3) is 2.00. The Morgan fingerprint density at radius 3 is 2.64 bits per heavy atom. The number of ether oxygens (including phenoxy) is 1. The lowest BCUT2D eigenvalue weighted by molar-refractivity contribution is -0.117. The van der Waals surface area contributed by atoms with Gasteiger partial charge in [-0.05, 0) is 25.8 Å². The first-order valence-electron chi connectivity index (χ1n) is 7.60. The van der Waals surface area contributed by atoms with Crippen molar-refractivity contribution in [2.45, 2.75) is 44.9 Å². The van der Waals surface area contributed by atoms with Gasteiger partial charge in [-0.1, -0.05) is 12.2 Å². The lowest BCUT2D eigenvalue weighted by Crippen LogP contribution is -2.62. The van der Waals surface area contributed by atoms with Crippen molar-refractivity contribution in [3.63, 3.8) is 0 Å². The first-order chi connectivity index (χ1) is 10.5. The fourth-order valence-corrected chi connectivity index (χ4v) is 3.99. The summed E-state index contributed by atoms with van der Waals surface area (Å²) in [6, 6.07) is 6.48. The fourth-order valence-electron chi connectivity index (χ4n) is 3.99. The maximum atomic E-state index is 9.71. The zero-order valence-electron chi connectivity index (χ0n) is 12.8. The number of allylic oxidation sites excluding steroid dienone is 3. The third-order valence-corrected chi connectivity index (χ3v) is 4.83. The maximum Gasteiger partial charge on any atom is 0.170 e. The first-order valence-corrected chi connectivity index (χ1v) is 7.60. The third-order valence-electron chi connectivity index (χ3n) is 4.83. The van der Waals surface area contributed by atoms with E-state index < -0.39 is 5.41 Å². The van der Waals surface area contributed by atoms with Crippen LogP contribution in [-0.2, 0) is 4.74 Å². The number of fused-ring (bicyclic) bond motifs is 3. The molecule has 5 heteroatoms. The van der Waals surface area contributed by atoms with E-state index in [1.807, 2.05) is 19.9 Å². The van der Waals surface area contributed by atoms with E-state index in [4.69, 9.17) is 10.00 Å². The Labute approximate surface area is 130 Å². The highest BCUT2D eigenvalue weighted by atomic mass is 16.5. The van der Waals surface area contributed by atoms with Gasteiger partial charge in [0.25, 0.3) is 0 Å². The second-order valence-corrected chi connectivity index (χ2v) is 6.37. The van der Waals surface area contributed by atoms with Crippen LogP contribution in [0.5, 0.6) is 0 Å². The average Bonchev–Trinajstić information content (AvgIpc) is 2.52. The van der Waals surface area contributed by atoms with Crippen molar-refractivity contribution in [2.24, 2.45) is 11.3 Å². The number of piperidine rings is 1. The molecule has 0 saturated carbocycles. The normalized spacial score (nSPS) is 35.7. The van der Waals surface area contributed by atoms with Gasteiger partial charge in [-0.25, -0.2) is 0 Å². The van der Waals surface area contributed by atoms with Crippen LogP contribution in [0.1, 0.15) is 26.7 Å². The van der Waals surface area contributed by atoms with Gasteiger partial charge >= 0.3 is 0 Å². The zero-order valence-corrected chi connectivity index (χ0v) is 12.8. The summed E-state index contributed by atoms with van der Waals surface area (Å²) in [6.45, 7) is 4.61. The Hall–Kier alpha value is -2.29. The maximum absolute atomic E-state index is 9.71. The Morgan fingerprint density at radius 1 is 1.27 bits per heavy atom. The van der Waals surface area contributed by atoms with Crippen LogP contribution in [0, 0.1) is 45.3 Å². The molecule has 112 valence electrons. The summed E-state index contributed by atoms with van der Waals surface area (Å²) < 4.78 is 5.89. The van der Waals surface area contributed by atoms with Crippen LogP contribution in [0.15, 0.2) is 23.4 Å². The molecule has 0 spiro atoms. The molecule has 2 heterocycles. The summed E-state index contributed by atoms with van der Waals surface area (Å²) in [5.41, 5.74) is 0.915. The van der Waals surface area contributed by atoms with E-state index in [0.717, 1.165) is 11.3 Å². The summed E-state index contributed by atoms with van der Waals surface area (Å²) >= 11 is 0. The topological polar surface area (TPSA) is 83.8 Å². The summed E-state index contributed by atoms with van der Waals surface area (Å²) in [7, 11) is 0. The Morgan fingerprint density at radius 2 is 2.00 bits per heavy atom. The molecule has 2 aliphatic heterocycles. The van der Waals surface area contributed by atoms with Crippen LogP contribution in [-0.4, -0.2) is 29.7 Å². The van der Waals surface area contributed by atoms with Crippen molar-refractivity contribution in [3.05, 3.63) is 23.4 Å². The van der Waals surface area contributed by atoms with E-state index in [1.165, 1.54) is 0 Å². The SMILES string of the molecule is CC1CN2C3=CCC(C#N)C=C3CC(C#N)(C#N)C2C(C)O1. The highest BCUT2D eigenvalue weighted by Gasteiger charge is 2.54. The zero-order chi connectivity index (χ0) is 15.9. The minimum Gasteiger partial charge on any atom is -0.371 e. The lowest BCUT2D eigenvalue weighted by atomic mass is 9.68. The molecule has 1 aliphatic carbocycles. The molecular formula is C17H18N4O. The Balaban J connectivity index is 2.10. The minimum absolute atomic E-state index is 0.0512. The molecule has 3 aliphatic rings. The predicted molar refractivity (Wildman–Crippen MR) is 78.7 cm³/mol. The van der Waals surface area contributed by atoms with Gasteiger partial charge in [0.2, 0.25) is 0 Å². The van der Waals surface area contributed by atoms with Gasteiger partial charge in [0, 0.05) is 18.7 Å². The number of nitriles is 3. The molecular weight excluding hydrogens is 276 g/mol. The van der Waals surface area contributed by atoms with Crippen molar-refractivity contribution >= 4 is 0 Å². The van der Waals surface area contributed by atoms with E-state index in [0.29, 0.717) is 19.4 Å². The van der Waals surface area contributed by atoms with Gasteiger partial charge in [0.05, 0.1) is 42.4 Å². The number of hydrogen-bond acceptors (Lipinski definition) is 5. The molecule has 0 aromatic rings. The van der Waals surface area contributed by atoms with Crippen LogP contribution in [0.2, 0.25) is 0 Å². The van der Waals surface area contributed by atoms with Crippen molar-refractivity contribution in [1.82, 2.24) is 4.90 Å². The van der Waals surface area contributed by atoms with Crippen LogP contribution in [0.25, 0.3) is 0 Å². The molecule has 0 N–H and O–H groups in total. The summed E-state index contributed by atoms with van der Waals surface area (Å²) in [5.74, 6) is -0.165. The summed E-state index contributed by atoms with van der Waals surface area (Å²) in [4.78, 5) is 2.16. The summed E-state index contributed by atoms with van der Waals surface area (Å²) in [6.07, 6.45) is 4.94. The number of hydrogen-bond donors (Lipinski definition) is 0. The Bertz CT molecular complexity index is 658. The molecule has 2 fully saturated rings. The van der Waals surface area contributed by atoms with Gasteiger partial charge in [-0.3, -0.25) is 0 Å². The van der Waals surface area contributed by atoms with Gasteiger partial charge in [-0.15, -0.1) is 0 Å². The number of morpholine rings is 1. The molecule has 4 unspecified atom stereocenters. The highest BCUT2D eigenvalue weighted by molar-refractivity contribution is 5.44. The second kappa shape index (κ2) is 5.16. The number of nitrogens with zero attached hydrogens (tertiary/aromatic N) is 4. The van der Waals surface area contributed by atoms with E-state index in [-0.39, 0.29) is 24.2 Å². The van der Waals surface area contributed by atoms with Gasteiger partial charge < -0.3 is 9.64 Å². The van der Waals surface area contributed by atoms with Gasteiger partial charge in [-0.2, -0.15) is 15.8 Å². The molecule has 4 atom stereocenters. The highest BCUT2D eigenvalue weighted by Crippen LogP contribution is 2.48. The smallest absolute Gasteiger partial charge is 0.170 e. The van der Waals surface area contributed by atoms with Gasteiger partial charge in [0.15, 0.2) is 5.41 Å². The van der Waals surface area contributed by atoms with Gasteiger partial charge in [0.1, 0.15) is 0 Å². The summed E-state index contributed by atoms with van der Waals surface area (Å²) in [5, 5.41) is 28.6. The van der Waals surface area contributed by atoms with Crippen LogP contribution >= 0.6 is 0 Å². The molecule has 0 bridgehead atoms. The van der Waals surface area contributed by atoms with Crippen LogP contribution in [0.4, 0.5) is 0 Å². The van der Waals surface area contributed by atoms with Crippen molar-refractivity contribution in [3.8, 4) is 18.2 Å². The quantitative estimate of drug-likeness (QED) is 0.684. The monoisotopic (exact) mass is 294 g/mol. The molecule has 0 aromatic carbocycles. The molecule has 3 rings (SSSR count). The average molecular weight is 294 g/mol. The molecule has 2 saturated heterocycles. The lowest BCUT2D eigenvalue weighted by Gasteiger charge is -2.53. The standard InChI is InChI=1S/C17H18N4O/c1-11-8-21-15-4-3-13(7-18)5-14(15)6-17(9-19,10-20)16(21)12(2)22-11/h4-5,11-13,16H,3,6,8H2,1-2H3. The molecule has 22 heavy (non-hydrogen) atoms. The molecule has 0 amide bonds. The van der Waals surface area contributed by atoms with E-state index in [9.17, 15) is 10.5 Å². The predicted octanol–water partition coefficient (Wildman–Crippen LogP) is 2.26. The van der Waals surface area contributed by atoms with Crippen LogP contribution < -0.4 is 0 Å². The minimum atomic E-state index is -1.12. The van der Waals surface area contributed by atoms with Crippen molar-refractivity contribution in [2.75, 3.05) is 6.54 Å². The molecule has 0 radical (unpaired) electrons. The second-order valence-electron chi connectivity index (χ2n) is 6.37. The number of rotatable bonds is 0. The van der Waals surface area contributed by atoms with Crippen molar-refractivity contribution in [1.29, 1.82) is 15.8 Å². The molecule has 5 nitrogen and oxygen atoms in total. The van der Waals surface area contributed by atoms with Crippen molar-refractivity contribution < 1.29 is 4.74 Å². The van der Waals surface area contributed by atoms with E-state index >= 15 is 0 Å². The molecule has 0 aromatic heterocycles. The Kier molecular flexibility index (Phi) is 3.44.